The van der Waals surface area contributed by atoms with Gasteiger partial charge < -0.3 is 4.90 Å². The SMILES string of the molecule is CN(C)C(=O)/C(=C/Cl)SCc1ccccc1. The van der Waals surface area contributed by atoms with Gasteiger partial charge in [-0.2, -0.15) is 0 Å². The highest BCUT2D eigenvalue weighted by Crippen LogP contribution is 2.23. The lowest BCUT2D eigenvalue weighted by Gasteiger charge is -2.12. The van der Waals surface area contributed by atoms with Crippen LogP contribution in [0.5, 0.6) is 0 Å². The summed E-state index contributed by atoms with van der Waals surface area (Å²) in [4.78, 5) is 13.7. The fraction of sp³-hybridized carbons (Fsp3) is 0.250. The van der Waals surface area contributed by atoms with E-state index in [1.54, 1.807) is 14.1 Å². The number of halogens is 1. The monoisotopic (exact) mass is 255 g/mol. The molecule has 0 spiro atoms. The molecule has 0 heterocycles. The highest BCUT2D eigenvalue weighted by molar-refractivity contribution is 8.03. The van der Waals surface area contributed by atoms with Crippen LogP contribution in [0.15, 0.2) is 40.8 Å². The number of thioether (sulfide) groups is 1. The molecule has 0 radical (unpaired) electrons. The van der Waals surface area contributed by atoms with E-state index in [0.29, 0.717) is 4.91 Å². The minimum absolute atomic E-state index is 0.0593. The zero-order valence-electron chi connectivity index (χ0n) is 9.31. The molecule has 0 aromatic heterocycles. The van der Waals surface area contributed by atoms with Gasteiger partial charge in [-0.15, -0.1) is 11.8 Å². The van der Waals surface area contributed by atoms with E-state index in [1.165, 1.54) is 27.8 Å². The Morgan fingerprint density at radius 1 is 1.38 bits per heavy atom. The lowest BCUT2D eigenvalue weighted by atomic mass is 10.2. The second-order valence-electron chi connectivity index (χ2n) is 3.45. The highest BCUT2D eigenvalue weighted by Gasteiger charge is 2.11. The molecule has 0 atom stereocenters. The molecule has 0 bridgehead atoms. The van der Waals surface area contributed by atoms with Gasteiger partial charge in [0.1, 0.15) is 0 Å². The van der Waals surface area contributed by atoms with Crippen LogP contribution in [0.25, 0.3) is 0 Å². The zero-order chi connectivity index (χ0) is 12.0. The molecule has 0 fully saturated rings. The summed E-state index contributed by atoms with van der Waals surface area (Å²) in [5, 5.41) is 0. The van der Waals surface area contributed by atoms with Crippen molar-refractivity contribution in [3.8, 4) is 0 Å². The normalized spacial score (nSPS) is 11.3. The average Bonchev–Trinajstić information content (AvgIpc) is 2.30. The third-order valence-electron chi connectivity index (χ3n) is 1.95. The van der Waals surface area contributed by atoms with Crippen LogP contribution in [0.4, 0.5) is 0 Å². The van der Waals surface area contributed by atoms with Gasteiger partial charge in [0.25, 0.3) is 5.91 Å². The Labute approximate surface area is 105 Å². The van der Waals surface area contributed by atoms with E-state index in [0.717, 1.165) is 5.75 Å². The van der Waals surface area contributed by atoms with Crippen molar-refractivity contribution in [1.29, 1.82) is 0 Å². The molecule has 0 unspecified atom stereocenters. The van der Waals surface area contributed by atoms with E-state index in [4.69, 9.17) is 11.6 Å². The fourth-order valence-corrected chi connectivity index (χ4v) is 2.26. The number of benzene rings is 1. The molecule has 0 aliphatic heterocycles. The topological polar surface area (TPSA) is 20.3 Å². The van der Waals surface area contributed by atoms with Crippen molar-refractivity contribution in [3.63, 3.8) is 0 Å². The van der Waals surface area contributed by atoms with E-state index >= 15 is 0 Å². The molecule has 2 nitrogen and oxygen atoms in total. The number of carbonyl (C=O) groups is 1. The molecule has 16 heavy (non-hydrogen) atoms. The zero-order valence-corrected chi connectivity index (χ0v) is 10.9. The molecular weight excluding hydrogens is 242 g/mol. The molecule has 1 amide bonds. The first-order chi connectivity index (χ1) is 7.65. The van der Waals surface area contributed by atoms with Crippen LogP contribution in [0.3, 0.4) is 0 Å². The van der Waals surface area contributed by atoms with E-state index < -0.39 is 0 Å². The maximum atomic E-state index is 11.6. The maximum absolute atomic E-state index is 11.6. The number of likely N-dealkylation sites (N-methyl/N-ethyl adjacent to an activating group) is 1. The Kier molecular flexibility index (Phi) is 5.43. The smallest absolute Gasteiger partial charge is 0.260 e. The van der Waals surface area contributed by atoms with Gasteiger partial charge in [0.15, 0.2) is 0 Å². The molecule has 4 heteroatoms. The third-order valence-corrected chi connectivity index (χ3v) is 3.38. The first kappa shape index (κ1) is 13.1. The van der Waals surface area contributed by atoms with Gasteiger partial charge in [-0.3, -0.25) is 4.79 Å². The van der Waals surface area contributed by atoms with Crippen molar-refractivity contribution >= 4 is 29.3 Å². The Balaban J connectivity index is 2.57. The summed E-state index contributed by atoms with van der Waals surface area (Å²) in [5.41, 5.74) is 2.52. The van der Waals surface area contributed by atoms with Crippen LogP contribution in [0, 0.1) is 0 Å². The van der Waals surface area contributed by atoms with Gasteiger partial charge in [-0.05, 0) is 5.56 Å². The molecule has 0 N–H and O–H groups in total. The Hall–Kier alpha value is -0.930. The molecule has 0 aliphatic carbocycles. The second kappa shape index (κ2) is 6.61. The maximum Gasteiger partial charge on any atom is 0.260 e. The largest absolute Gasteiger partial charge is 0.344 e. The Morgan fingerprint density at radius 2 is 2.00 bits per heavy atom. The van der Waals surface area contributed by atoms with E-state index in [2.05, 4.69) is 0 Å². The molecular formula is C12H14ClNOS. The summed E-state index contributed by atoms with van der Waals surface area (Å²) in [6, 6.07) is 9.98. The number of amides is 1. The fourth-order valence-electron chi connectivity index (χ4n) is 1.10. The van der Waals surface area contributed by atoms with Crippen molar-refractivity contribution in [3.05, 3.63) is 46.3 Å². The Bertz CT molecular complexity index is 376. The van der Waals surface area contributed by atoms with Crippen LogP contribution in [0.2, 0.25) is 0 Å². The van der Waals surface area contributed by atoms with E-state index in [1.807, 2.05) is 30.3 Å². The minimum Gasteiger partial charge on any atom is -0.344 e. The van der Waals surface area contributed by atoms with Crippen LogP contribution < -0.4 is 0 Å². The van der Waals surface area contributed by atoms with Crippen molar-refractivity contribution in [1.82, 2.24) is 4.90 Å². The van der Waals surface area contributed by atoms with E-state index in [-0.39, 0.29) is 5.91 Å². The summed E-state index contributed by atoms with van der Waals surface area (Å²) in [5.74, 6) is 0.690. The van der Waals surface area contributed by atoms with Gasteiger partial charge in [-0.25, -0.2) is 0 Å². The quantitative estimate of drug-likeness (QED) is 0.771. The average molecular weight is 256 g/mol. The number of nitrogens with zero attached hydrogens (tertiary/aromatic N) is 1. The van der Waals surface area contributed by atoms with Crippen molar-refractivity contribution < 1.29 is 4.79 Å². The molecule has 0 saturated carbocycles. The summed E-state index contributed by atoms with van der Waals surface area (Å²) >= 11 is 7.09. The number of hydrogen-bond donors (Lipinski definition) is 0. The predicted octanol–water partition coefficient (Wildman–Crippen LogP) is 3.09. The van der Waals surface area contributed by atoms with Crippen molar-refractivity contribution in [2.45, 2.75) is 5.75 Å². The summed E-state index contributed by atoms with van der Waals surface area (Å²) in [7, 11) is 3.43. The number of carbonyl (C=O) groups excluding carboxylic acids is 1. The van der Waals surface area contributed by atoms with Crippen LogP contribution >= 0.6 is 23.4 Å². The summed E-state index contributed by atoms with van der Waals surface area (Å²) in [6.45, 7) is 0. The number of hydrogen-bond acceptors (Lipinski definition) is 2. The summed E-state index contributed by atoms with van der Waals surface area (Å²) in [6.07, 6.45) is 0. The second-order valence-corrected chi connectivity index (χ2v) is 4.68. The lowest BCUT2D eigenvalue weighted by Crippen LogP contribution is -2.22. The molecule has 1 rings (SSSR count). The van der Waals surface area contributed by atoms with E-state index in [9.17, 15) is 4.79 Å². The van der Waals surface area contributed by atoms with Gasteiger partial charge >= 0.3 is 0 Å². The Morgan fingerprint density at radius 3 is 2.50 bits per heavy atom. The lowest BCUT2D eigenvalue weighted by molar-refractivity contribution is -0.123. The molecule has 0 aliphatic rings. The van der Waals surface area contributed by atoms with Crippen LogP contribution in [-0.2, 0) is 10.5 Å². The van der Waals surface area contributed by atoms with Crippen molar-refractivity contribution in [2.75, 3.05) is 14.1 Å². The summed E-state index contributed by atoms with van der Waals surface area (Å²) < 4.78 is 0. The highest BCUT2D eigenvalue weighted by atomic mass is 35.5. The third kappa shape index (κ3) is 3.91. The van der Waals surface area contributed by atoms with Gasteiger partial charge in [0, 0.05) is 25.4 Å². The standard InChI is InChI=1S/C12H14ClNOS/c1-14(2)12(15)11(8-13)16-9-10-6-4-3-5-7-10/h3-8H,9H2,1-2H3/b11-8-. The van der Waals surface area contributed by atoms with Gasteiger partial charge in [-0.1, -0.05) is 41.9 Å². The first-order valence-corrected chi connectivity index (χ1v) is 6.26. The molecule has 86 valence electrons. The van der Waals surface area contributed by atoms with Crippen LogP contribution in [0.1, 0.15) is 5.56 Å². The van der Waals surface area contributed by atoms with Gasteiger partial charge in [0.2, 0.25) is 0 Å². The van der Waals surface area contributed by atoms with Gasteiger partial charge in [0.05, 0.1) is 4.91 Å². The predicted molar refractivity (Wildman–Crippen MR) is 70.4 cm³/mol. The molecule has 1 aromatic carbocycles. The first-order valence-electron chi connectivity index (χ1n) is 4.84. The number of rotatable bonds is 4. The minimum atomic E-state index is -0.0593. The van der Waals surface area contributed by atoms with Crippen molar-refractivity contribution in [2.24, 2.45) is 0 Å². The molecule has 0 saturated heterocycles. The molecule has 1 aromatic rings. The van der Waals surface area contributed by atoms with Crippen LogP contribution in [-0.4, -0.2) is 24.9 Å².